The first-order valence-corrected chi connectivity index (χ1v) is 18.9. The molecule has 250 valence electrons. The largest absolute Gasteiger partial charge is 0.309 e. The maximum atomic E-state index is 5.23. The Hall–Kier alpha value is -6.43. The molecule has 0 saturated heterocycles. The molecule has 0 radical (unpaired) electrons. The number of aromatic nitrogens is 4. The summed E-state index contributed by atoms with van der Waals surface area (Å²) < 4.78 is 4.85. The van der Waals surface area contributed by atoms with Crippen molar-refractivity contribution in [2.24, 2.45) is 0 Å². The Labute approximate surface area is 310 Å². The van der Waals surface area contributed by atoms with E-state index in [4.69, 9.17) is 15.0 Å². The quantitative estimate of drug-likeness (QED) is 0.184. The third-order valence-electron chi connectivity index (χ3n) is 11.0. The Morgan fingerprint density at radius 1 is 0.453 bits per heavy atom. The number of hydrogen-bond donors (Lipinski definition) is 0. The van der Waals surface area contributed by atoms with Crippen molar-refractivity contribution in [2.75, 3.05) is 0 Å². The molecule has 0 N–H and O–H groups in total. The lowest BCUT2D eigenvalue weighted by atomic mass is 9.82. The Balaban J connectivity index is 1.24. The molecule has 1 aliphatic carbocycles. The first kappa shape index (κ1) is 30.2. The van der Waals surface area contributed by atoms with Crippen molar-refractivity contribution in [3.8, 4) is 51.0 Å². The van der Waals surface area contributed by atoms with Crippen molar-refractivity contribution in [3.05, 3.63) is 169 Å². The number of fused-ring (bicyclic) bond motifs is 9. The van der Waals surface area contributed by atoms with E-state index in [9.17, 15) is 0 Å². The summed E-state index contributed by atoms with van der Waals surface area (Å²) in [6.45, 7) is 4.71. The van der Waals surface area contributed by atoms with Crippen LogP contribution >= 0.6 is 11.3 Å². The summed E-state index contributed by atoms with van der Waals surface area (Å²) in [5.41, 5.74) is 11.6. The van der Waals surface area contributed by atoms with Gasteiger partial charge in [-0.25, -0.2) is 15.0 Å². The molecule has 10 aromatic rings. The maximum Gasteiger partial charge on any atom is 0.165 e. The van der Waals surface area contributed by atoms with E-state index in [0.717, 1.165) is 27.1 Å². The number of thiophene rings is 1. The molecule has 0 bridgehead atoms. The van der Waals surface area contributed by atoms with Gasteiger partial charge in [-0.2, -0.15) is 0 Å². The highest BCUT2D eigenvalue weighted by molar-refractivity contribution is 7.26. The van der Waals surface area contributed by atoms with Crippen LogP contribution in [0.15, 0.2) is 158 Å². The predicted octanol–water partition coefficient (Wildman–Crippen LogP) is 12.6. The summed E-state index contributed by atoms with van der Waals surface area (Å²) >= 11 is 1.80. The molecule has 0 spiro atoms. The minimum atomic E-state index is -0.0867. The second-order valence-corrected chi connectivity index (χ2v) is 15.5. The van der Waals surface area contributed by atoms with E-state index in [-0.39, 0.29) is 5.41 Å². The zero-order valence-electron chi connectivity index (χ0n) is 29.2. The van der Waals surface area contributed by atoms with Crippen LogP contribution in [0.25, 0.3) is 93.0 Å². The first-order valence-electron chi connectivity index (χ1n) is 18.0. The molecule has 11 rings (SSSR count). The van der Waals surface area contributed by atoms with Gasteiger partial charge in [0.15, 0.2) is 17.5 Å². The molecule has 4 nitrogen and oxygen atoms in total. The zero-order chi connectivity index (χ0) is 35.3. The van der Waals surface area contributed by atoms with Gasteiger partial charge in [-0.1, -0.05) is 135 Å². The molecule has 0 atom stereocenters. The Morgan fingerprint density at radius 3 is 1.83 bits per heavy atom. The van der Waals surface area contributed by atoms with Crippen molar-refractivity contribution in [2.45, 2.75) is 19.3 Å². The monoisotopic (exact) mass is 696 g/mol. The van der Waals surface area contributed by atoms with Gasteiger partial charge in [-0.15, -0.1) is 11.3 Å². The molecule has 0 amide bonds. The molecule has 7 aromatic carbocycles. The fourth-order valence-corrected chi connectivity index (χ4v) is 9.67. The van der Waals surface area contributed by atoms with Gasteiger partial charge < -0.3 is 4.57 Å². The van der Waals surface area contributed by atoms with Gasteiger partial charge in [0.1, 0.15) is 0 Å². The van der Waals surface area contributed by atoms with Crippen molar-refractivity contribution in [1.82, 2.24) is 19.5 Å². The fourth-order valence-electron chi connectivity index (χ4n) is 8.48. The van der Waals surface area contributed by atoms with Crippen molar-refractivity contribution < 1.29 is 0 Å². The van der Waals surface area contributed by atoms with Crippen molar-refractivity contribution in [1.29, 1.82) is 0 Å². The topological polar surface area (TPSA) is 43.6 Å². The summed E-state index contributed by atoms with van der Waals surface area (Å²) in [6, 6.07) is 56.4. The number of rotatable bonds is 4. The number of benzene rings is 7. The van der Waals surface area contributed by atoms with Gasteiger partial charge in [-0.05, 0) is 58.7 Å². The van der Waals surface area contributed by atoms with Gasteiger partial charge in [-0.3, -0.25) is 0 Å². The van der Waals surface area contributed by atoms with Crippen LogP contribution < -0.4 is 0 Å². The van der Waals surface area contributed by atoms with Crippen LogP contribution in [0.2, 0.25) is 0 Å². The summed E-state index contributed by atoms with van der Waals surface area (Å²) in [6.07, 6.45) is 0. The minimum Gasteiger partial charge on any atom is -0.309 e. The molecule has 5 heteroatoms. The van der Waals surface area contributed by atoms with Crippen molar-refractivity contribution >= 4 is 53.3 Å². The first-order chi connectivity index (χ1) is 26.0. The van der Waals surface area contributed by atoms with E-state index in [2.05, 4.69) is 140 Å². The maximum absolute atomic E-state index is 5.23. The fraction of sp³-hybridized carbons (Fsp3) is 0.0625. The lowest BCUT2D eigenvalue weighted by molar-refractivity contribution is 0.661. The molecule has 53 heavy (non-hydrogen) atoms. The lowest BCUT2D eigenvalue weighted by Gasteiger charge is -2.21. The Bertz CT molecular complexity index is 3020. The average molecular weight is 697 g/mol. The second-order valence-electron chi connectivity index (χ2n) is 14.4. The third kappa shape index (κ3) is 4.51. The van der Waals surface area contributed by atoms with Crippen LogP contribution in [0, 0.1) is 0 Å². The zero-order valence-corrected chi connectivity index (χ0v) is 30.0. The van der Waals surface area contributed by atoms with E-state index in [1.165, 1.54) is 59.5 Å². The van der Waals surface area contributed by atoms with Crippen LogP contribution in [0.1, 0.15) is 25.0 Å². The SMILES string of the molecule is CC1(C)c2ccccc2-c2cc3c(cc21)c1ccccc1n3-c1cc(-c2nc(-c3ccccc3)nc(-c3ccccc3)n2)c2sc3ccccc3c2c1. The molecule has 0 saturated carbocycles. The molecule has 0 aliphatic heterocycles. The Kier molecular flexibility index (Phi) is 6.43. The molecular weight excluding hydrogens is 665 g/mol. The second kappa shape index (κ2) is 11.3. The van der Waals surface area contributed by atoms with Gasteiger partial charge >= 0.3 is 0 Å². The van der Waals surface area contributed by atoms with Gasteiger partial charge in [0.05, 0.1) is 11.0 Å². The van der Waals surface area contributed by atoms with E-state index < -0.39 is 0 Å². The van der Waals surface area contributed by atoms with E-state index in [1.54, 1.807) is 11.3 Å². The highest BCUT2D eigenvalue weighted by Crippen LogP contribution is 2.51. The Morgan fingerprint density at radius 2 is 1.08 bits per heavy atom. The van der Waals surface area contributed by atoms with Crippen LogP contribution in [0.5, 0.6) is 0 Å². The molecule has 1 aliphatic rings. The van der Waals surface area contributed by atoms with Crippen LogP contribution in [0.3, 0.4) is 0 Å². The van der Waals surface area contributed by atoms with E-state index in [1.807, 2.05) is 36.4 Å². The smallest absolute Gasteiger partial charge is 0.165 e. The summed E-state index contributed by atoms with van der Waals surface area (Å²) in [5, 5.41) is 4.93. The molecule has 0 unspecified atom stereocenters. The standard InChI is InChI=1S/C48H32N4S/c1-48(2)39-22-12-9-19-32(39)35-28-42-36(27-40(35)48)33-20-10-13-23-41(33)52(42)31-25-37-34-21-11-14-24-43(34)53-44(37)38(26-31)47-50-45(29-15-5-3-6-16-29)49-46(51-47)30-17-7-4-8-18-30/h3-28H,1-2H3. The van der Waals surface area contributed by atoms with Crippen LogP contribution in [-0.4, -0.2) is 19.5 Å². The van der Waals surface area contributed by atoms with Gasteiger partial charge in [0, 0.05) is 58.7 Å². The molecular formula is C48H32N4S. The lowest BCUT2D eigenvalue weighted by Crippen LogP contribution is -2.14. The predicted molar refractivity (Wildman–Crippen MR) is 221 cm³/mol. The molecule has 3 heterocycles. The number of hydrogen-bond acceptors (Lipinski definition) is 4. The summed E-state index contributed by atoms with van der Waals surface area (Å²) in [7, 11) is 0. The summed E-state index contributed by atoms with van der Waals surface area (Å²) in [4.78, 5) is 15.5. The normalized spacial score (nSPS) is 13.2. The minimum absolute atomic E-state index is 0.0867. The van der Waals surface area contributed by atoms with Crippen LogP contribution in [-0.2, 0) is 5.41 Å². The van der Waals surface area contributed by atoms with Gasteiger partial charge in [0.25, 0.3) is 0 Å². The molecule has 0 fully saturated rings. The van der Waals surface area contributed by atoms with Crippen LogP contribution in [0.4, 0.5) is 0 Å². The number of para-hydroxylation sites is 1. The highest BCUT2D eigenvalue weighted by Gasteiger charge is 2.36. The number of nitrogens with zero attached hydrogens (tertiary/aromatic N) is 4. The highest BCUT2D eigenvalue weighted by atomic mass is 32.1. The average Bonchev–Trinajstić information content (AvgIpc) is 3.82. The molecule has 3 aromatic heterocycles. The summed E-state index contributed by atoms with van der Waals surface area (Å²) in [5.74, 6) is 1.97. The third-order valence-corrected chi connectivity index (χ3v) is 12.3. The van der Waals surface area contributed by atoms with Gasteiger partial charge in [0.2, 0.25) is 0 Å². The van der Waals surface area contributed by atoms with E-state index in [0.29, 0.717) is 17.5 Å². The van der Waals surface area contributed by atoms with E-state index >= 15 is 0 Å². The van der Waals surface area contributed by atoms with Crippen molar-refractivity contribution in [3.63, 3.8) is 0 Å².